The minimum atomic E-state index is -6.28. The number of hydrogen-bond acceptors (Lipinski definition) is 8. The van der Waals surface area contributed by atoms with E-state index < -0.39 is 43.0 Å². The summed E-state index contributed by atoms with van der Waals surface area (Å²) >= 11 is 5.64. The third-order valence-electron chi connectivity index (χ3n) is 4.16. The number of halogens is 4. The van der Waals surface area contributed by atoms with Gasteiger partial charge in [0.2, 0.25) is 5.88 Å². The standard InChI is InChI=1S/C20H13ClF3N3O6S/c1-32-19(29)14-11-13(33-17-10-9-16(21)25-26-17)7-8-15(14)27(34(30,31)20(22,23)24)18(28)12-5-3-2-4-6-12/h2-11H,1H3. The number of nitrogens with zero attached hydrogens (tertiary/aromatic N) is 3. The van der Waals surface area contributed by atoms with Crippen molar-refractivity contribution < 1.29 is 40.7 Å². The first kappa shape index (κ1) is 24.9. The van der Waals surface area contributed by atoms with Crippen molar-refractivity contribution in [3.8, 4) is 11.6 Å². The van der Waals surface area contributed by atoms with Gasteiger partial charge >= 0.3 is 21.5 Å². The van der Waals surface area contributed by atoms with Crippen molar-refractivity contribution in [3.63, 3.8) is 0 Å². The molecule has 3 aromatic rings. The van der Waals surface area contributed by atoms with Crippen molar-refractivity contribution in [2.45, 2.75) is 5.51 Å². The Labute approximate surface area is 195 Å². The third kappa shape index (κ3) is 5.10. The van der Waals surface area contributed by atoms with E-state index in [1.54, 1.807) is 0 Å². The Balaban J connectivity index is 2.18. The molecule has 0 atom stereocenters. The van der Waals surface area contributed by atoms with Crippen LogP contribution in [0.5, 0.6) is 11.6 Å². The van der Waals surface area contributed by atoms with Crippen LogP contribution in [-0.2, 0) is 14.8 Å². The van der Waals surface area contributed by atoms with Crippen molar-refractivity contribution >= 4 is 39.2 Å². The number of amides is 1. The van der Waals surface area contributed by atoms with Gasteiger partial charge in [-0.2, -0.15) is 25.9 Å². The average Bonchev–Trinajstić information content (AvgIpc) is 2.80. The topological polar surface area (TPSA) is 116 Å². The van der Waals surface area contributed by atoms with Crippen molar-refractivity contribution in [2.24, 2.45) is 0 Å². The van der Waals surface area contributed by atoms with Crippen molar-refractivity contribution in [2.75, 3.05) is 11.4 Å². The Kier molecular flexibility index (Phi) is 7.07. The highest BCUT2D eigenvalue weighted by Crippen LogP contribution is 2.36. The number of aromatic nitrogens is 2. The first-order valence-corrected chi connectivity index (χ1v) is 10.9. The van der Waals surface area contributed by atoms with Gasteiger partial charge in [0.25, 0.3) is 5.91 Å². The van der Waals surface area contributed by atoms with E-state index in [-0.39, 0.29) is 22.3 Å². The molecule has 0 N–H and O–H groups in total. The largest absolute Gasteiger partial charge is 0.517 e. The van der Waals surface area contributed by atoms with Gasteiger partial charge in [0.1, 0.15) is 5.75 Å². The number of hydrogen-bond donors (Lipinski definition) is 0. The molecule has 0 unspecified atom stereocenters. The fraction of sp³-hybridized carbons (Fsp3) is 0.100. The molecule has 0 radical (unpaired) electrons. The molecule has 0 bridgehead atoms. The molecule has 14 heteroatoms. The number of methoxy groups -OCH3 is 1. The number of ether oxygens (including phenoxy) is 2. The third-order valence-corrected chi connectivity index (χ3v) is 5.79. The fourth-order valence-corrected chi connectivity index (χ4v) is 3.71. The van der Waals surface area contributed by atoms with Gasteiger partial charge in [-0.3, -0.25) is 4.79 Å². The summed E-state index contributed by atoms with van der Waals surface area (Å²) in [6.07, 6.45) is 0. The second-order valence-corrected chi connectivity index (χ2v) is 8.52. The predicted molar refractivity (Wildman–Crippen MR) is 113 cm³/mol. The first-order chi connectivity index (χ1) is 16.0. The van der Waals surface area contributed by atoms with Gasteiger partial charge < -0.3 is 9.47 Å². The molecular weight excluding hydrogens is 503 g/mol. The number of anilines is 1. The van der Waals surface area contributed by atoms with Crippen LogP contribution in [-0.4, -0.2) is 43.1 Å². The van der Waals surface area contributed by atoms with Gasteiger partial charge in [-0.15, -0.1) is 10.2 Å². The Hall–Kier alpha value is -3.71. The van der Waals surface area contributed by atoms with Crippen LogP contribution < -0.4 is 9.04 Å². The summed E-state index contributed by atoms with van der Waals surface area (Å²) < 4.78 is 74.8. The summed E-state index contributed by atoms with van der Waals surface area (Å²) in [5.74, 6) is -3.00. The van der Waals surface area contributed by atoms with Crippen LogP contribution >= 0.6 is 11.6 Å². The van der Waals surface area contributed by atoms with E-state index in [4.69, 9.17) is 16.3 Å². The number of sulfonamides is 1. The van der Waals surface area contributed by atoms with Crippen LogP contribution in [0.25, 0.3) is 0 Å². The maximum atomic E-state index is 13.5. The molecule has 9 nitrogen and oxygen atoms in total. The van der Waals surface area contributed by atoms with E-state index in [0.29, 0.717) is 0 Å². The lowest BCUT2D eigenvalue weighted by Crippen LogP contribution is -2.45. The lowest BCUT2D eigenvalue weighted by molar-refractivity contribution is -0.0437. The van der Waals surface area contributed by atoms with E-state index in [2.05, 4.69) is 14.9 Å². The number of esters is 1. The van der Waals surface area contributed by atoms with Gasteiger partial charge in [0.05, 0.1) is 18.4 Å². The maximum Gasteiger partial charge on any atom is 0.517 e. The molecule has 0 spiro atoms. The molecule has 2 aromatic carbocycles. The van der Waals surface area contributed by atoms with Crippen LogP contribution in [0.15, 0.2) is 60.7 Å². The van der Waals surface area contributed by atoms with Crippen LogP contribution in [0.3, 0.4) is 0 Å². The fourth-order valence-electron chi connectivity index (χ4n) is 2.66. The van der Waals surface area contributed by atoms with Gasteiger partial charge in [-0.25, -0.2) is 4.79 Å². The number of alkyl halides is 3. The second-order valence-electron chi connectivity index (χ2n) is 6.35. The summed E-state index contributed by atoms with van der Waals surface area (Å²) in [7, 11) is -5.36. The lowest BCUT2D eigenvalue weighted by Gasteiger charge is -2.25. The van der Waals surface area contributed by atoms with Gasteiger partial charge in [-0.05, 0) is 36.4 Å². The molecule has 3 rings (SSSR count). The van der Waals surface area contributed by atoms with Crippen LogP contribution in [0.4, 0.5) is 18.9 Å². The number of rotatable bonds is 6. The minimum absolute atomic E-state index is 0.0605. The normalized spacial score (nSPS) is 11.6. The molecule has 0 saturated carbocycles. The zero-order valence-corrected chi connectivity index (χ0v) is 18.6. The highest BCUT2D eigenvalue weighted by molar-refractivity contribution is 7.94. The van der Waals surface area contributed by atoms with E-state index in [1.807, 2.05) is 0 Å². The molecule has 0 saturated heterocycles. The summed E-state index contributed by atoms with van der Waals surface area (Å²) in [6, 6.07) is 11.8. The molecule has 1 amide bonds. The lowest BCUT2D eigenvalue weighted by atomic mass is 10.1. The molecule has 1 heterocycles. The molecule has 0 aliphatic rings. The quantitative estimate of drug-likeness (QED) is 0.448. The van der Waals surface area contributed by atoms with Crippen LogP contribution in [0.2, 0.25) is 5.15 Å². The number of carbonyl (C=O) groups excluding carboxylic acids is 2. The van der Waals surface area contributed by atoms with Gasteiger partial charge in [0, 0.05) is 11.6 Å². The summed E-state index contributed by atoms with van der Waals surface area (Å²) in [4.78, 5) is 25.3. The van der Waals surface area contributed by atoms with E-state index >= 15 is 0 Å². The summed E-state index contributed by atoms with van der Waals surface area (Å²) in [6.45, 7) is 0. The monoisotopic (exact) mass is 515 g/mol. The SMILES string of the molecule is COC(=O)c1cc(Oc2ccc(Cl)nn2)ccc1N(C(=O)c1ccccc1)S(=O)(=O)C(F)(F)F. The minimum Gasteiger partial charge on any atom is -0.465 e. The molecule has 0 aliphatic carbocycles. The van der Waals surface area contributed by atoms with Crippen molar-refractivity contribution in [1.82, 2.24) is 10.2 Å². The zero-order valence-electron chi connectivity index (χ0n) is 17.0. The molecule has 34 heavy (non-hydrogen) atoms. The average molecular weight is 516 g/mol. The van der Waals surface area contributed by atoms with Crippen LogP contribution in [0.1, 0.15) is 20.7 Å². The van der Waals surface area contributed by atoms with E-state index in [0.717, 1.165) is 37.4 Å². The predicted octanol–water partition coefficient (Wildman–Crippen LogP) is 4.21. The Morgan fingerprint density at radius 3 is 2.24 bits per heavy atom. The molecule has 0 fully saturated rings. The Bertz CT molecular complexity index is 1320. The Morgan fingerprint density at radius 2 is 1.68 bits per heavy atom. The van der Waals surface area contributed by atoms with E-state index in [9.17, 15) is 31.2 Å². The smallest absolute Gasteiger partial charge is 0.465 e. The van der Waals surface area contributed by atoms with E-state index in [1.165, 1.54) is 30.3 Å². The number of carbonyl (C=O) groups is 2. The maximum absolute atomic E-state index is 13.5. The highest BCUT2D eigenvalue weighted by Gasteiger charge is 2.53. The van der Waals surface area contributed by atoms with Crippen LogP contribution in [0, 0.1) is 0 Å². The van der Waals surface area contributed by atoms with Crippen molar-refractivity contribution in [1.29, 1.82) is 0 Å². The van der Waals surface area contributed by atoms with Crippen molar-refractivity contribution in [3.05, 3.63) is 76.9 Å². The summed E-state index contributed by atoms with van der Waals surface area (Å²) in [5.41, 5.74) is -7.83. The molecule has 0 aliphatic heterocycles. The molecular formula is C20H13ClF3N3O6S. The first-order valence-electron chi connectivity index (χ1n) is 9.06. The second kappa shape index (κ2) is 9.65. The summed E-state index contributed by atoms with van der Waals surface area (Å²) in [5, 5.41) is 7.25. The number of benzene rings is 2. The highest BCUT2D eigenvalue weighted by atomic mass is 35.5. The molecule has 1 aromatic heterocycles. The Morgan fingerprint density at radius 1 is 1.00 bits per heavy atom. The molecule has 178 valence electrons. The van der Waals surface area contributed by atoms with Gasteiger partial charge in [0.15, 0.2) is 5.15 Å². The zero-order chi connectivity index (χ0) is 25.1. The van der Waals surface area contributed by atoms with Gasteiger partial charge in [-0.1, -0.05) is 29.8 Å².